The molecule has 0 bridgehead atoms. The van der Waals surface area contributed by atoms with E-state index in [4.69, 9.17) is 0 Å². The number of aromatic carboxylic acids is 4. The first-order valence-electron chi connectivity index (χ1n) is 5.70. The minimum atomic E-state index is -1.88. The van der Waals surface area contributed by atoms with Crippen molar-refractivity contribution in [3.8, 4) is 0 Å². The molecule has 0 fully saturated rings. The predicted octanol–water partition coefficient (Wildman–Crippen LogP) is -15.7. The number of carboxylic acids is 4. The van der Waals surface area contributed by atoms with Gasteiger partial charge in [0.2, 0.25) is 0 Å². The summed E-state index contributed by atoms with van der Waals surface area (Å²) in [5.74, 6) is -7.16. The van der Waals surface area contributed by atoms with Crippen molar-refractivity contribution >= 4 is 34.6 Å². The van der Waals surface area contributed by atoms with Crippen molar-refractivity contribution in [1.82, 2.24) is 0 Å². The van der Waals surface area contributed by atoms with Crippen molar-refractivity contribution in [3.05, 3.63) is 46.5 Å². The van der Waals surface area contributed by atoms with Crippen molar-refractivity contribution in [1.29, 1.82) is 0 Å². The van der Waals surface area contributed by atoms with Gasteiger partial charge in [0, 0.05) is 22.1 Å². The normalized spacial score (nSPS) is 8.77. The van der Waals surface area contributed by atoms with Crippen molar-refractivity contribution in [2.45, 2.75) is 0 Å². The average Bonchev–Trinajstić information content (AvgIpc) is 2.43. The largest absolute Gasteiger partial charge is 1.00 e. The molecule has 112 valence electrons. The van der Waals surface area contributed by atoms with Crippen molar-refractivity contribution in [2.24, 2.45) is 0 Å². The molecule has 0 aliphatic rings. The monoisotopic (exact) mass is 456 g/mol. The molecule has 0 saturated carbocycles. The van der Waals surface area contributed by atoms with E-state index in [1.165, 1.54) is 0 Å². The molecule has 0 aliphatic carbocycles. The summed E-state index contributed by atoms with van der Waals surface area (Å²) in [5, 5.41) is 43.2. The summed E-state index contributed by atoms with van der Waals surface area (Å²) < 4.78 is 0. The van der Waals surface area contributed by atoms with Crippen LogP contribution in [0.25, 0.3) is 10.8 Å². The molecule has 2 aromatic carbocycles. The first kappa shape index (κ1) is 33.8. The van der Waals surface area contributed by atoms with Gasteiger partial charge in [-0.2, -0.15) is 0 Å². The van der Waals surface area contributed by atoms with E-state index in [1.807, 2.05) is 0 Å². The van der Waals surface area contributed by atoms with E-state index in [9.17, 15) is 39.6 Å². The molecule has 8 nitrogen and oxygen atoms in total. The molecule has 0 radical (unpaired) electrons. The minimum absolute atomic E-state index is 0. The Balaban J connectivity index is -0.00000132. The molecule has 0 amide bonds. The average molecular weight is 457 g/mol. The van der Waals surface area contributed by atoms with Crippen LogP contribution in [0.15, 0.2) is 24.3 Å². The van der Waals surface area contributed by atoms with Crippen LogP contribution in [0.2, 0.25) is 0 Å². The Bertz CT molecular complexity index is 866. The van der Waals surface area contributed by atoms with E-state index < -0.39 is 56.9 Å². The third kappa shape index (κ3) is 7.99. The number of carboxylic acid groups (broad SMARTS) is 4. The Morgan fingerprint density at radius 1 is 0.577 bits per heavy atom. The molecule has 12 heteroatoms. The van der Waals surface area contributed by atoms with Gasteiger partial charge in [0.05, 0.1) is 23.9 Å². The molecule has 0 unspecified atom stereocenters. The van der Waals surface area contributed by atoms with Crippen molar-refractivity contribution < 1.29 is 245 Å². The zero-order valence-corrected chi connectivity index (χ0v) is 27.1. The number of carbonyl (C=O) groups excluding carboxylic acids is 4. The fraction of sp³-hybridized carbons (Fsp3) is 0. The summed E-state index contributed by atoms with van der Waals surface area (Å²) in [5.41, 5.74) is -2.65. The van der Waals surface area contributed by atoms with Gasteiger partial charge in [-0.3, -0.25) is 0 Å². The second-order valence-electron chi connectivity index (χ2n) is 4.26. The van der Waals surface area contributed by atoms with Gasteiger partial charge in [0.25, 0.3) is 0 Å². The number of fused-ring (bicyclic) bond motifs is 1. The smallest absolute Gasteiger partial charge is 0.545 e. The van der Waals surface area contributed by atoms with Gasteiger partial charge < -0.3 is 39.6 Å². The quantitative estimate of drug-likeness (QED) is 0.410. The zero-order chi connectivity index (χ0) is 16.6. The Morgan fingerprint density at radius 3 is 1.38 bits per heavy atom. The van der Waals surface area contributed by atoms with Crippen molar-refractivity contribution in [2.75, 3.05) is 0 Å². The SMILES string of the molecule is O=C([O-])c1cc(C(=O)[O-])c2c(C(=O)[O-])ccc(C(=O)[O-])c2c1.[K+].[K+].[K+].[K+]. The molecule has 2 rings (SSSR count). The Kier molecular flexibility index (Phi) is 19.5. The summed E-state index contributed by atoms with van der Waals surface area (Å²) in [4.78, 5) is 44.2. The van der Waals surface area contributed by atoms with Crippen LogP contribution in [0.1, 0.15) is 41.4 Å². The first-order chi connectivity index (χ1) is 10.2. The number of hydrogen-bond donors (Lipinski definition) is 0. The Hall–Kier alpha value is 3.13. The second-order valence-corrected chi connectivity index (χ2v) is 4.26. The molecular weight excluding hydrogens is 453 g/mol. The van der Waals surface area contributed by atoms with E-state index in [-0.39, 0.29) is 206 Å². The van der Waals surface area contributed by atoms with Gasteiger partial charge in [-0.05, 0) is 23.1 Å². The van der Waals surface area contributed by atoms with Gasteiger partial charge >= 0.3 is 206 Å². The fourth-order valence-corrected chi connectivity index (χ4v) is 2.11. The first-order valence-corrected chi connectivity index (χ1v) is 5.70. The molecule has 0 atom stereocenters. The molecule has 0 N–H and O–H groups in total. The topological polar surface area (TPSA) is 161 Å². The minimum Gasteiger partial charge on any atom is -0.545 e. The van der Waals surface area contributed by atoms with E-state index >= 15 is 0 Å². The van der Waals surface area contributed by atoms with Crippen LogP contribution in [-0.4, -0.2) is 23.9 Å². The van der Waals surface area contributed by atoms with E-state index in [1.54, 1.807) is 0 Å². The van der Waals surface area contributed by atoms with Gasteiger partial charge in [0.15, 0.2) is 0 Å². The van der Waals surface area contributed by atoms with Crippen LogP contribution in [-0.2, 0) is 0 Å². The second kappa shape index (κ2) is 15.0. The van der Waals surface area contributed by atoms with Crippen LogP contribution >= 0.6 is 0 Å². The third-order valence-corrected chi connectivity index (χ3v) is 3.01. The third-order valence-electron chi connectivity index (χ3n) is 3.01. The summed E-state index contributed by atoms with van der Waals surface area (Å²) in [6.07, 6.45) is 0. The maximum Gasteiger partial charge on any atom is 1.00 e. The van der Waals surface area contributed by atoms with Crippen LogP contribution in [0.5, 0.6) is 0 Å². The number of carbonyl (C=O) groups is 4. The maximum absolute atomic E-state index is 11.1. The van der Waals surface area contributed by atoms with Gasteiger partial charge in [-0.15, -0.1) is 0 Å². The summed E-state index contributed by atoms with van der Waals surface area (Å²) in [6, 6.07) is 3.09. The molecular formula is C14H4K4O8. The maximum atomic E-state index is 11.1. The molecule has 2 aromatic rings. The van der Waals surface area contributed by atoms with Gasteiger partial charge in [0.1, 0.15) is 0 Å². The molecule has 26 heavy (non-hydrogen) atoms. The van der Waals surface area contributed by atoms with Crippen LogP contribution in [0.3, 0.4) is 0 Å². The van der Waals surface area contributed by atoms with Crippen LogP contribution < -0.4 is 226 Å². The Labute approximate surface area is 317 Å². The van der Waals surface area contributed by atoms with Crippen LogP contribution in [0, 0.1) is 0 Å². The molecule has 0 aliphatic heterocycles. The summed E-state index contributed by atoms with van der Waals surface area (Å²) >= 11 is 0. The number of benzene rings is 2. The zero-order valence-electron chi connectivity index (χ0n) is 14.6. The fourth-order valence-electron chi connectivity index (χ4n) is 2.11. The standard InChI is InChI=1S/C14H8O8.4K/c15-11(16)5-3-8-6(12(17)18)1-2-7(13(19)20)10(8)9(4-5)14(21)22;;;;/h1-4H,(H,15,16)(H,17,18)(H,19,20)(H,21,22);;;;/q;4*+1/p-4. The van der Waals surface area contributed by atoms with Crippen molar-refractivity contribution in [3.63, 3.8) is 0 Å². The molecule has 0 spiro atoms. The molecule has 0 heterocycles. The van der Waals surface area contributed by atoms with Gasteiger partial charge in [-0.1, -0.05) is 12.1 Å². The van der Waals surface area contributed by atoms with Gasteiger partial charge in [-0.25, -0.2) is 0 Å². The number of rotatable bonds is 4. The Morgan fingerprint density at radius 2 is 1.00 bits per heavy atom. The summed E-state index contributed by atoms with van der Waals surface area (Å²) in [6.45, 7) is 0. The molecule has 0 saturated heterocycles. The van der Waals surface area contributed by atoms with E-state index in [0.717, 1.165) is 18.2 Å². The summed E-state index contributed by atoms with van der Waals surface area (Å²) in [7, 11) is 0. The molecule has 0 aromatic heterocycles. The number of hydrogen-bond acceptors (Lipinski definition) is 8. The predicted molar refractivity (Wildman–Crippen MR) is 61.3 cm³/mol. The van der Waals surface area contributed by atoms with Crippen LogP contribution in [0.4, 0.5) is 0 Å². The van der Waals surface area contributed by atoms with E-state index in [0.29, 0.717) is 6.07 Å². The van der Waals surface area contributed by atoms with E-state index in [2.05, 4.69) is 0 Å².